The zero-order valence-corrected chi connectivity index (χ0v) is 13.9. The minimum absolute atomic E-state index is 0.0198. The third kappa shape index (κ3) is 4.78. The molecule has 0 saturated carbocycles. The van der Waals surface area contributed by atoms with E-state index in [2.05, 4.69) is 0 Å². The maximum Gasteiger partial charge on any atom is 0.342 e. The molecule has 122 valence electrons. The van der Waals surface area contributed by atoms with Gasteiger partial charge in [-0.25, -0.2) is 4.79 Å². The van der Waals surface area contributed by atoms with Crippen LogP contribution in [0.5, 0.6) is 0 Å². The zero-order chi connectivity index (χ0) is 17.4. The zero-order valence-electron chi connectivity index (χ0n) is 13.9. The van der Waals surface area contributed by atoms with Crippen molar-refractivity contribution in [2.75, 3.05) is 6.61 Å². The summed E-state index contributed by atoms with van der Waals surface area (Å²) in [5, 5.41) is 0. The van der Waals surface area contributed by atoms with E-state index < -0.39 is 5.97 Å². The molecule has 2 rings (SSSR count). The number of ketones is 1. The molecule has 3 nitrogen and oxygen atoms in total. The molecule has 0 bridgehead atoms. The number of hydrogen-bond acceptors (Lipinski definition) is 3. The molecule has 0 aliphatic rings. The molecule has 0 unspecified atom stereocenters. The second kappa shape index (κ2) is 8.63. The molecular formula is C21H20O3. The highest BCUT2D eigenvalue weighted by molar-refractivity contribution is 6.24. The van der Waals surface area contributed by atoms with E-state index in [9.17, 15) is 9.59 Å². The largest absolute Gasteiger partial charge is 0.462 e. The van der Waals surface area contributed by atoms with Crippen molar-refractivity contribution in [2.45, 2.75) is 13.8 Å². The Balaban J connectivity index is 2.26. The summed E-state index contributed by atoms with van der Waals surface area (Å²) in [7, 11) is 0. The lowest BCUT2D eigenvalue weighted by molar-refractivity contribution is -0.138. The highest BCUT2D eigenvalue weighted by Gasteiger charge is 2.20. The van der Waals surface area contributed by atoms with E-state index in [4.69, 9.17) is 4.74 Å². The average Bonchev–Trinajstić information content (AvgIpc) is 2.60. The summed E-state index contributed by atoms with van der Waals surface area (Å²) >= 11 is 0. The fraction of sp³-hybridized carbons (Fsp3) is 0.143. The van der Waals surface area contributed by atoms with Gasteiger partial charge in [-0.05, 0) is 25.5 Å². The lowest BCUT2D eigenvalue weighted by Gasteiger charge is -2.05. The molecule has 3 heteroatoms. The van der Waals surface area contributed by atoms with Crippen LogP contribution in [0, 0.1) is 6.92 Å². The Hall–Kier alpha value is -2.94. The molecule has 0 aliphatic heterocycles. The van der Waals surface area contributed by atoms with Gasteiger partial charge in [0.15, 0.2) is 5.78 Å². The van der Waals surface area contributed by atoms with E-state index in [1.165, 1.54) is 11.6 Å². The highest BCUT2D eigenvalue weighted by atomic mass is 16.5. The predicted molar refractivity (Wildman–Crippen MR) is 95.7 cm³/mol. The van der Waals surface area contributed by atoms with Crippen LogP contribution in [0.3, 0.4) is 0 Å². The van der Waals surface area contributed by atoms with E-state index in [0.29, 0.717) is 5.56 Å². The van der Waals surface area contributed by atoms with Crippen LogP contribution in [0.4, 0.5) is 0 Å². The number of hydrogen-bond donors (Lipinski definition) is 0. The first kappa shape index (κ1) is 17.4. The molecule has 24 heavy (non-hydrogen) atoms. The Bertz CT molecular complexity index is 753. The normalized spacial score (nSPS) is 11.5. The Morgan fingerprint density at radius 1 is 1.00 bits per heavy atom. The third-order valence-electron chi connectivity index (χ3n) is 3.40. The monoisotopic (exact) mass is 320 g/mol. The minimum Gasteiger partial charge on any atom is -0.462 e. The smallest absolute Gasteiger partial charge is 0.342 e. The minimum atomic E-state index is -0.611. The van der Waals surface area contributed by atoms with Crippen LogP contribution in [-0.4, -0.2) is 18.4 Å². The van der Waals surface area contributed by atoms with Gasteiger partial charge in [0, 0.05) is 5.56 Å². The van der Waals surface area contributed by atoms with Crippen molar-refractivity contribution in [2.24, 2.45) is 0 Å². The van der Waals surface area contributed by atoms with Crippen LogP contribution in [0.25, 0.3) is 6.08 Å². The first-order valence-corrected chi connectivity index (χ1v) is 7.83. The summed E-state index contributed by atoms with van der Waals surface area (Å²) < 4.78 is 5.00. The quantitative estimate of drug-likeness (QED) is 0.198. The number of rotatable bonds is 6. The Labute approximate surface area is 142 Å². The first-order chi connectivity index (χ1) is 11.6. The highest BCUT2D eigenvalue weighted by Crippen LogP contribution is 2.12. The van der Waals surface area contributed by atoms with Crippen molar-refractivity contribution in [1.29, 1.82) is 0 Å². The van der Waals surface area contributed by atoms with Crippen LogP contribution in [0.2, 0.25) is 0 Å². The van der Waals surface area contributed by atoms with Gasteiger partial charge in [0.05, 0.1) is 6.61 Å². The second-order valence-corrected chi connectivity index (χ2v) is 5.27. The Morgan fingerprint density at radius 3 is 2.29 bits per heavy atom. The van der Waals surface area contributed by atoms with Crippen molar-refractivity contribution in [3.8, 4) is 0 Å². The van der Waals surface area contributed by atoms with Gasteiger partial charge in [-0.3, -0.25) is 4.79 Å². The van der Waals surface area contributed by atoms with Crippen molar-refractivity contribution in [1.82, 2.24) is 0 Å². The molecule has 0 aromatic heterocycles. The number of Topliss-reactive ketones (excluding diaryl/α,β-unsaturated/α-hetero) is 1. The maximum absolute atomic E-state index is 12.5. The van der Waals surface area contributed by atoms with Crippen LogP contribution in [0.1, 0.15) is 28.4 Å². The molecule has 0 spiro atoms. The van der Waals surface area contributed by atoms with Crippen molar-refractivity contribution < 1.29 is 14.3 Å². The van der Waals surface area contributed by atoms with Gasteiger partial charge >= 0.3 is 5.97 Å². The van der Waals surface area contributed by atoms with Crippen LogP contribution >= 0.6 is 0 Å². The van der Waals surface area contributed by atoms with Gasteiger partial charge in [-0.2, -0.15) is 0 Å². The molecule has 0 amide bonds. The molecule has 0 fully saturated rings. The third-order valence-corrected chi connectivity index (χ3v) is 3.40. The number of allylic oxidation sites excluding steroid dienone is 2. The summed E-state index contributed by atoms with van der Waals surface area (Å²) in [6.45, 7) is 3.95. The number of aryl methyl sites for hydroxylation is 1. The van der Waals surface area contributed by atoms with Gasteiger partial charge < -0.3 is 4.74 Å². The SMILES string of the molecule is CCOC(=O)/C(=C/C=C/c1ccc(C)cc1)C(=O)c1ccccc1. The molecule has 0 saturated heterocycles. The van der Waals surface area contributed by atoms with E-state index in [0.717, 1.165) is 5.56 Å². The van der Waals surface area contributed by atoms with Crippen LogP contribution in [-0.2, 0) is 9.53 Å². The molecule has 0 radical (unpaired) electrons. The van der Waals surface area contributed by atoms with Crippen LogP contribution in [0.15, 0.2) is 72.3 Å². The lowest BCUT2D eigenvalue weighted by atomic mass is 10.0. The van der Waals surface area contributed by atoms with Crippen molar-refractivity contribution in [3.05, 3.63) is 89.0 Å². The molecule has 2 aromatic carbocycles. The number of carbonyl (C=O) groups excluding carboxylic acids is 2. The Morgan fingerprint density at radius 2 is 1.67 bits per heavy atom. The molecular weight excluding hydrogens is 300 g/mol. The topological polar surface area (TPSA) is 43.4 Å². The van der Waals surface area contributed by atoms with Gasteiger partial charge in [-0.15, -0.1) is 0 Å². The summed E-state index contributed by atoms with van der Waals surface area (Å²) in [5.74, 6) is -0.956. The van der Waals surface area contributed by atoms with E-state index in [1.807, 2.05) is 43.3 Å². The van der Waals surface area contributed by atoms with Gasteiger partial charge in [-0.1, -0.05) is 72.3 Å². The molecule has 0 aliphatic carbocycles. The number of carbonyl (C=O) groups is 2. The fourth-order valence-corrected chi connectivity index (χ4v) is 2.12. The predicted octanol–water partition coefficient (Wildman–Crippen LogP) is 4.38. The van der Waals surface area contributed by atoms with E-state index in [1.54, 1.807) is 37.3 Å². The standard InChI is InChI=1S/C21H20O3/c1-3-24-21(23)19(20(22)18-9-5-4-6-10-18)11-7-8-17-14-12-16(2)13-15-17/h4-15H,3H2,1-2H3/b8-7+,19-11+. The van der Waals surface area contributed by atoms with Gasteiger partial charge in [0.25, 0.3) is 0 Å². The number of benzene rings is 2. The van der Waals surface area contributed by atoms with E-state index >= 15 is 0 Å². The fourth-order valence-electron chi connectivity index (χ4n) is 2.12. The number of ether oxygens (including phenoxy) is 1. The van der Waals surface area contributed by atoms with E-state index in [-0.39, 0.29) is 18.0 Å². The number of esters is 1. The summed E-state index contributed by atoms with van der Waals surface area (Å²) in [6, 6.07) is 16.7. The molecule has 0 N–H and O–H groups in total. The summed E-state index contributed by atoms with van der Waals surface area (Å²) in [5.41, 5.74) is 2.65. The molecule has 2 aromatic rings. The first-order valence-electron chi connectivity index (χ1n) is 7.83. The average molecular weight is 320 g/mol. The van der Waals surface area contributed by atoms with Crippen molar-refractivity contribution >= 4 is 17.8 Å². The summed E-state index contributed by atoms with van der Waals surface area (Å²) in [4.78, 5) is 24.6. The lowest BCUT2D eigenvalue weighted by Crippen LogP contribution is -2.16. The van der Waals surface area contributed by atoms with Crippen LogP contribution < -0.4 is 0 Å². The summed E-state index contributed by atoms with van der Waals surface area (Å²) in [6.07, 6.45) is 5.04. The molecule has 0 heterocycles. The molecule has 0 atom stereocenters. The van der Waals surface area contributed by atoms with Crippen molar-refractivity contribution in [3.63, 3.8) is 0 Å². The second-order valence-electron chi connectivity index (χ2n) is 5.27. The van der Waals surface area contributed by atoms with Gasteiger partial charge in [0.1, 0.15) is 5.57 Å². The Kier molecular flexibility index (Phi) is 6.26. The maximum atomic E-state index is 12.5. The van der Waals surface area contributed by atoms with Gasteiger partial charge in [0.2, 0.25) is 0 Å².